The molecular formula is C14H16BrFN2O2. The van der Waals surface area contributed by atoms with Crippen LogP contribution >= 0.6 is 15.9 Å². The van der Waals surface area contributed by atoms with Crippen molar-refractivity contribution in [2.75, 3.05) is 26.7 Å². The molecule has 0 N–H and O–H groups in total. The smallest absolute Gasteiger partial charge is 0.254 e. The highest BCUT2D eigenvalue weighted by Crippen LogP contribution is 2.18. The lowest BCUT2D eigenvalue weighted by atomic mass is 10.2. The zero-order valence-electron chi connectivity index (χ0n) is 11.2. The molecule has 6 heteroatoms. The molecule has 1 saturated heterocycles. The Kier molecular flexibility index (Phi) is 4.75. The second-order valence-electron chi connectivity index (χ2n) is 4.88. The third kappa shape index (κ3) is 3.36. The molecule has 0 spiro atoms. The summed E-state index contributed by atoms with van der Waals surface area (Å²) in [5.74, 6) is -0.755. The minimum atomic E-state index is -0.419. The maximum absolute atomic E-state index is 13.1. The molecule has 0 aliphatic carbocycles. The van der Waals surface area contributed by atoms with Gasteiger partial charge in [-0.05, 0) is 47.0 Å². The van der Waals surface area contributed by atoms with E-state index in [1.54, 1.807) is 11.9 Å². The Morgan fingerprint density at radius 2 is 2.00 bits per heavy atom. The van der Waals surface area contributed by atoms with Gasteiger partial charge in [-0.3, -0.25) is 9.59 Å². The topological polar surface area (TPSA) is 40.6 Å². The van der Waals surface area contributed by atoms with Gasteiger partial charge in [0, 0.05) is 25.7 Å². The first-order valence-electron chi connectivity index (χ1n) is 6.47. The predicted octanol–water partition coefficient (Wildman–Crippen LogP) is 2.28. The van der Waals surface area contributed by atoms with E-state index in [0.717, 1.165) is 25.9 Å². The van der Waals surface area contributed by atoms with Crippen LogP contribution in [0.4, 0.5) is 4.39 Å². The lowest BCUT2D eigenvalue weighted by Crippen LogP contribution is -2.39. The van der Waals surface area contributed by atoms with Crippen LogP contribution in [0, 0.1) is 5.82 Å². The van der Waals surface area contributed by atoms with Crippen molar-refractivity contribution in [3.8, 4) is 0 Å². The van der Waals surface area contributed by atoms with Crippen LogP contribution < -0.4 is 0 Å². The molecule has 1 fully saturated rings. The summed E-state index contributed by atoms with van der Waals surface area (Å²) >= 11 is 3.05. The first-order valence-corrected chi connectivity index (χ1v) is 7.26. The van der Waals surface area contributed by atoms with E-state index < -0.39 is 5.82 Å². The Balaban J connectivity index is 2.00. The highest BCUT2D eigenvalue weighted by Gasteiger charge is 2.22. The van der Waals surface area contributed by atoms with Crippen molar-refractivity contribution in [2.45, 2.75) is 12.8 Å². The molecule has 0 aromatic heterocycles. The highest BCUT2D eigenvalue weighted by molar-refractivity contribution is 9.10. The average molecular weight is 343 g/mol. The molecule has 108 valence electrons. The van der Waals surface area contributed by atoms with E-state index in [1.165, 1.54) is 23.1 Å². The molecule has 0 radical (unpaired) electrons. The van der Waals surface area contributed by atoms with Crippen LogP contribution in [0.1, 0.15) is 23.2 Å². The van der Waals surface area contributed by atoms with Gasteiger partial charge in [-0.2, -0.15) is 0 Å². The van der Waals surface area contributed by atoms with Crippen LogP contribution in [-0.2, 0) is 4.79 Å². The normalized spacial score (nSPS) is 14.4. The number of likely N-dealkylation sites (N-methyl/N-ethyl adjacent to an activating group) is 1. The molecule has 1 heterocycles. The van der Waals surface area contributed by atoms with Gasteiger partial charge in [-0.1, -0.05) is 0 Å². The average Bonchev–Trinajstić information content (AvgIpc) is 2.95. The largest absolute Gasteiger partial charge is 0.341 e. The van der Waals surface area contributed by atoms with Gasteiger partial charge < -0.3 is 9.80 Å². The fourth-order valence-electron chi connectivity index (χ4n) is 2.19. The Morgan fingerprint density at radius 3 is 2.60 bits per heavy atom. The molecule has 1 aromatic carbocycles. The van der Waals surface area contributed by atoms with Crippen molar-refractivity contribution in [1.29, 1.82) is 0 Å². The second-order valence-corrected chi connectivity index (χ2v) is 5.73. The molecule has 0 bridgehead atoms. The molecule has 20 heavy (non-hydrogen) atoms. The number of nitrogens with zero attached hydrogens (tertiary/aromatic N) is 2. The van der Waals surface area contributed by atoms with Crippen molar-refractivity contribution >= 4 is 27.7 Å². The molecule has 0 unspecified atom stereocenters. The third-order valence-electron chi connectivity index (χ3n) is 3.34. The predicted molar refractivity (Wildman–Crippen MR) is 76.9 cm³/mol. The van der Waals surface area contributed by atoms with E-state index in [9.17, 15) is 14.0 Å². The van der Waals surface area contributed by atoms with Gasteiger partial charge in [0.1, 0.15) is 5.82 Å². The fourth-order valence-corrected chi connectivity index (χ4v) is 2.57. The number of benzene rings is 1. The van der Waals surface area contributed by atoms with Crippen LogP contribution in [0.25, 0.3) is 0 Å². The Bertz CT molecular complexity index is 530. The summed E-state index contributed by atoms with van der Waals surface area (Å²) < 4.78 is 13.4. The monoisotopic (exact) mass is 342 g/mol. The van der Waals surface area contributed by atoms with Crippen molar-refractivity contribution < 1.29 is 14.0 Å². The standard InChI is InChI=1S/C14H16BrFN2O2/c1-17(9-13(19)18-6-2-3-7-18)14(20)10-4-5-12(16)11(15)8-10/h4-5,8H,2-3,6-7,9H2,1H3. The lowest BCUT2D eigenvalue weighted by Gasteiger charge is -2.21. The van der Waals surface area contributed by atoms with E-state index >= 15 is 0 Å². The number of carbonyl (C=O) groups is 2. The second kappa shape index (κ2) is 6.35. The quantitative estimate of drug-likeness (QED) is 0.845. The van der Waals surface area contributed by atoms with E-state index in [2.05, 4.69) is 15.9 Å². The summed E-state index contributed by atoms with van der Waals surface area (Å²) in [5, 5.41) is 0. The number of halogens is 2. The van der Waals surface area contributed by atoms with Gasteiger partial charge in [-0.25, -0.2) is 4.39 Å². The summed E-state index contributed by atoms with van der Waals surface area (Å²) in [6.07, 6.45) is 2.04. The molecule has 1 aliphatic heterocycles. The molecule has 0 atom stereocenters. The number of amides is 2. The van der Waals surface area contributed by atoms with E-state index in [1.807, 2.05) is 0 Å². The minimum absolute atomic E-state index is 0.0421. The maximum Gasteiger partial charge on any atom is 0.254 e. The van der Waals surface area contributed by atoms with Gasteiger partial charge in [0.15, 0.2) is 0 Å². The van der Waals surface area contributed by atoms with Gasteiger partial charge in [0.05, 0.1) is 11.0 Å². The van der Waals surface area contributed by atoms with Crippen molar-refractivity contribution in [3.05, 3.63) is 34.1 Å². The number of rotatable bonds is 3. The van der Waals surface area contributed by atoms with Crippen LogP contribution in [-0.4, -0.2) is 48.3 Å². The van der Waals surface area contributed by atoms with Gasteiger partial charge in [-0.15, -0.1) is 0 Å². The SMILES string of the molecule is CN(CC(=O)N1CCCC1)C(=O)c1ccc(F)c(Br)c1. The van der Waals surface area contributed by atoms with E-state index in [0.29, 0.717) is 5.56 Å². The third-order valence-corrected chi connectivity index (χ3v) is 3.95. The summed E-state index contributed by atoms with van der Waals surface area (Å²) in [5.41, 5.74) is 0.356. The zero-order chi connectivity index (χ0) is 14.7. The van der Waals surface area contributed by atoms with Gasteiger partial charge in [0.2, 0.25) is 5.91 Å². The molecule has 0 saturated carbocycles. The van der Waals surface area contributed by atoms with Crippen molar-refractivity contribution in [1.82, 2.24) is 9.80 Å². The van der Waals surface area contributed by atoms with Crippen LogP contribution in [0.15, 0.2) is 22.7 Å². The van der Waals surface area contributed by atoms with Crippen LogP contribution in [0.2, 0.25) is 0 Å². The molecular weight excluding hydrogens is 327 g/mol. The Hall–Kier alpha value is -1.43. The van der Waals surface area contributed by atoms with Crippen molar-refractivity contribution in [2.24, 2.45) is 0 Å². The number of hydrogen-bond acceptors (Lipinski definition) is 2. The molecule has 1 aliphatic rings. The van der Waals surface area contributed by atoms with Gasteiger partial charge >= 0.3 is 0 Å². The first-order chi connectivity index (χ1) is 9.49. The summed E-state index contributed by atoms with van der Waals surface area (Å²) in [6, 6.07) is 4.07. The highest BCUT2D eigenvalue weighted by atomic mass is 79.9. The maximum atomic E-state index is 13.1. The summed E-state index contributed by atoms with van der Waals surface area (Å²) in [6.45, 7) is 1.58. The number of likely N-dealkylation sites (tertiary alicyclic amines) is 1. The van der Waals surface area contributed by atoms with E-state index in [-0.39, 0.29) is 22.8 Å². The first kappa shape index (κ1) is 15.0. The summed E-state index contributed by atoms with van der Waals surface area (Å²) in [4.78, 5) is 27.3. The number of hydrogen-bond donors (Lipinski definition) is 0. The zero-order valence-corrected chi connectivity index (χ0v) is 12.8. The molecule has 4 nitrogen and oxygen atoms in total. The molecule has 1 aromatic rings. The molecule has 2 rings (SSSR count). The Morgan fingerprint density at radius 1 is 1.35 bits per heavy atom. The number of carbonyl (C=O) groups excluding carboxylic acids is 2. The van der Waals surface area contributed by atoms with Crippen molar-refractivity contribution in [3.63, 3.8) is 0 Å². The lowest BCUT2D eigenvalue weighted by molar-refractivity contribution is -0.130. The fraction of sp³-hybridized carbons (Fsp3) is 0.429. The van der Waals surface area contributed by atoms with E-state index in [4.69, 9.17) is 0 Å². The van der Waals surface area contributed by atoms with Gasteiger partial charge in [0.25, 0.3) is 5.91 Å². The summed E-state index contributed by atoms with van der Waals surface area (Å²) in [7, 11) is 1.58. The van der Waals surface area contributed by atoms with Crippen LogP contribution in [0.3, 0.4) is 0 Å². The van der Waals surface area contributed by atoms with Crippen LogP contribution in [0.5, 0.6) is 0 Å². The minimum Gasteiger partial charge on any atom is -0.341 e. The Labute approximate surface area is 125 Å². The molecule has 2 amide bonds.